The summed E-state index contributed by atoms with van der Waals surface area (Å²) in [4.78, 5) is 0. The van der Waals surface area contributed by atoms with Crippen molar-refractivity contribution >= 4 is 5.69 Å². The molecule has 0 fully saturated rings. The van der Waals surface area contributed by atoms with Crippen molar-refractivity contribution in [3.63, 3.8) is 0 Å². The number of anilines is 1. The van der Waals surface area contributed by atoms with E-state index in [-0.39, 0.29) is 126 Å². The smallest absolute Gasteiger partial charge is 0 e. The van der Waals surface area contributed by atoms with E-state index in [4.69, 9.17) is 5.73 Å². The van der Waals surface area contributed by atoms with Crippen molar-refractivity contribution in [1.29, 1.82) is 0 Å². The Hall–Kier alpha value is 3.15. The number of nitrogens with two attached hydrogens (primary N) is 1. The van der Waals surface area contributed by atoms with Crippen LogP contribution < -0.4 is 5.73 Å². The minimum Gasteiger partial charge on any atom is -0.419 e. The Labute approximate surface area is 178 Å². The molecule has 1 nitrogen and oxygen atoms in total. The molecule has 1 aromatic carbocycles. The van der Waals surface area contributed by atoms with Crippen LogP contribution in [0.1, 0.15) is 11.1 Å². The number of nitrogen functional groups attached to an aromatic ring is 1. The Morgan fingerprint density at radius 1 is 0.800 bits per heavy atom. The second-order valence-electron chi connectivity index (χ2n) is 2.24. The third kappa shape index (κ3) is 13.4. The summed E-state index contributed by atoms with van der Waals surface area (Å²) >= 11 is 0. The van der Waals surface area contributed by atoms with Gasteiger partial charge < -0.3 is 5.73 Å². The van der Waals surface area contributed by atoms with Crippen molar-refractivity contribution in [3.05, 3.63) is 29.3 Å². The van der Waals surface area contributed by atoms with E-state index in [1.54, 1.807) is 0 Å². The van der Waals surface area contributed by atoms with Crippen LogP contribution in [-0.2, 0) is 126 Å². The quantitative estimate of drug-likeness (QED) is 0.311. The van der Waals surface area contributed by atoms with E-state index in [0.29, 0.717) is 0 Å². The zero-order chi connectivity index (χ0) is 6.85. The van der Waals surface area contributed by atoms with Crippen molar-refractivity contribution in [2.24, 2.45) is 0 Å². The number of aryl methyl sites for hydroxylation is 2. The van der Waals surface area contributed by atoms with E-state index in [2.05, 4.69) is 6.07 Å². The van der Waals surface area contributed by atoms with Crippen LogP contribution in [0, 0.1) is 19.9 Å². The molecule has 0 heterocycles. The van der Waals surface area contributed by atoms with E-state index < -0.39 is 0 Å². The first-order valence-corrected chi connectivity index (χ1v) is 2.94. The van der Waals surface area contributed by atoms with Gasteiger partial charge in [0, 0.05) is 126 Å². The third-order valence-electron chi connectivity index (χ3n) is 1.45. The summed E-state index contributed by atoms with van der Waals surface area (Å²) in [6.07, 6.45) is 0. The summed E-state index contributed by atoms with van der Waals surface area (Å²) in [5.41, 5.74) is 8.76. The van der Waals surface area contributed by atoms with Crippen LogP contribution in [-0.4, -0.2) is 0 Å². The van der Waals surface area contributed by atoms with Gasteiger partial charge >= 0.3 is 0 Å². The molecule has 0 unspecified atom stereocenters. The third-order valence-corrected chi connectivity index (χ3v) is 1.45. The summed E-state index contributed by atoms with van der Waals surface area (Å²) in [6, 6.07) is 6.77. The Morgan fingerprint density at radius 2 is 1.07 bits per heavy atom. The van der Waals surface area contributed by atoms with Crippen LogP contribution in [0.5, 0.6) is 0 Å². The summed E-state index contributed by atoms with van der Waals surface area (Å²) in [5, 5.41) is 0. The fraction of sp³-hybridized carbons (Fsp3) is 0.250. The SMILES string of the molecule is Cc1c[c-]cc(C)c1N.[W].[W].[W].[W].[W].[W]. The number of benzene rings is 1. The first-order valence-electron chi connectivity index (χ1n) is 2.94. The standard InChI is InChI=1S/C8H10N.6W/c1-6-4-3-5-7(2)8(6)9;;;;;;/h4-5H,9H2,1-2H3;;;;;;/q-1;;;;;;. The largest absolute Gasteiger partial charge is 0.419 e. The van der Waals surface area contributed by atoms with E-state index in [9.17, 15) is 0 Å². The molecule has 0 radical (unpaired) electrons. The van der Waals surface area contributed by atoms with Gasteiger partial charge in [-0.15, -0.1) is 11.1 Å². The monoisotopic (exact) mass is 1220 g/mol. The average Bonchev–Trinajstić information content (AvgIpc) is 1.83. The van der Waals surface area contributed by atoms with Gasteiger partial charge in [-0.3, -0.25) is 0 Å². The Kier molecular flexibility index (Phi) is 47.0. The maximum atomic E-state index is 5.66. The molecular weight excluding hydrogens is 1210 g/mol. The molecule has 0 bridgehead atoms. The molecule has 1 aromatic rings. The van der Waals surface area contributed by atoms with Gasteiger partial charge in [-0.1, -0.05) is 19.5 Å². The van der Waals surface area contributed by atoms with Crippen LogP contribution in [0.4, 0.5) is 5.69 Å². The topological polar surface area (TPSA) is 26.0 Å². The van der Waals surface area contributed by atoms with Gasteiger partial charge in [-0.2, -0.15) is 18.2 Å². The van der Waals surface area contributed by atoms with Gasteiger partial charge in [0.05, 0.1) is 0 Å². The second-order valence-corrected chi connectivity index (χ2v) is 2.24. The van der Waals surface area contributed by atoms with Gasteiger partial charge in [-0.05, 0) is 0 Å². The molecular formula is C8H10NW6-. The van der Waals surface area contributed by atoms with Crippen LogP contribution in [0.2, 0.25) is 0 Å². The molecule has 0 spiro atoms. The van der Waals surface area contributed by atoms with Crippen LogP contribution in [0.25, 0.3) is 0 Å². The number of rotatable bonds is 0. The van der Waals surface area contributed by atoms with Crippen molar-refractivity contribution in [1.82, 2.24) is 0 Å². The molecule has 0 atom stereocenters. The molecule has 7 heteroatoms. The fourth-order valence-electron chi connectivity index (χ4n) is 0.758. The normalized spacial score (nSPS) is 5.73. The Bertz CT molecular complexity index is 210. The van der Waals surface area contributed by atoms with Crippen molar-refractivity contribution < 1.29 is 126 Å². The summed E-state index contributed by atoms with van der Waals surface area (Å²) in [6.45, 7) is 3.97. The van der Waals surface area contributed by atoms with E-state index in [1.165, 1.54) is 0 Å². The van der Waals surface area contributed by atoms with Crippen molar-refractivity contribution in [3.8, 4) is 0 Å². The minimum absolute atomic E-state index is 0. The van der Waals surface area contributed by atoms with Crippen molar-refractivity contribution in [2.75, 3.05) is 5.73 Å². The molecule has 0 aliphatic rings. The van der Waals surface area contributed by atoms with Gasteiger partial charge in [0.25, 0.3) is 0 Å². The molecule has 0 aromatic heterocycles. The molecule has 84 valence electrons. The maximum absolute atomic E-state index is 5.66. The van der Waals surface area contributed by atoms with Gasteiger partial charge in [-0.25, -0.2) is 0 Å². The van der Waals surface area contributed by atoms with Gasteiger partial charge in [0.15, 0.2) is 0 Å². The predicted octanol–water partition coefficient (Wildman–Crippen LogP) is 1.67. The molecule has 0 amide bonds. The fourth-order valence-corrected chi connectivity index (χ4v) is 0.758. The van der Waals surface area contributed by atoms with Gasteiger partial charge in [0.2, 0.25) is 0 Å². The molecule has 2 N–H and O–H groups in total. The average molecular weight is 1220 g/mol. The Morgan fingerprint density at radius 3 is 1.27 bits per heavy atom. The number of hydrogen-bond donors (Lipinski definition) is 1. The van der Waals surface area contributed by atoms with Crippen LogP contribution in [0.15, 0.2) is 12.1 Å². The first-order chi connectivity index (χ1) is 4.22. The zero-order valence-corrected chi connectivity index (χ0v) is 25.8. The molecule has 0 aliphatic heterocycles. The van der Waals surface area contributed by atoms with E-state index >= 15 is 0 Å². The van der Waals surface area contributed by atoms with Crippen molar-refractivity contribution in [2.45, 2.75) is 13.8 Å². The summed E-state index contributed by atoms with van der Waals surface area (Å²) in [5.74, 6) is 0. The predicted molar refractivity (Wildman–Crippen MR) is 39.2 cm³/mol. The van der Waals surface area contributed by atoms with Crippen LogP contribution >= 0.6 is 0 Å². The number of hydrogen-bond acceptors (Lipinski definition) is 1. The maximum Gasteiger partial charge on any atom is 0 e. The second kappa shape index (κ2) is 19.5. The van der Waals surface area contributed by atoms with E-state index in [0.717, 1.165) is 16.8 Å². The molecule has 1 rings (SSSR count). The first kappa shape index (κ1) is 36.2. The minimum atomic E-state index is 0. The van der Waals surface area contributed by atoms with Gasteiger partial charge in [0.1, 0.15) is 0 Å². The molecule has 0 aliphatic carbocycles. The molecule has 15 heavy (non-hydrogen) atoms. The summed E-state index contributed by atoms with van der Waals surface area (Å²) < 4.78 is 0. The summed E-state index contributed by atoms with van der Waals surface area (Å²) in [7, 11) is 0. The molecule has 0 saturated heterocycles. The van der Waals surface area contributed by atoms with E-state index in [1.807, 2.05) is 26.0 Å². The van der Waals surface area contributed by atoms with Crippen LogP contribution in [0.3, 0.4) is 0 Å². The Balaban J connectivity index is -0.0000000337. The zero-order valence-electron chi connectivity index (χ0n) is 8.18. The molecule has 0 saturated carbocycles.